The van der Waals surface area contributed by atoms with Gasteiger partial charge < -0.3 is 14.4 Å². The summed E-state index contributed by atoms with van der Waals surface area (Å²) in [5.41, 5.74) is 1.06. The lowest BCUT2D eigenvalue weighted by Crippen LogP contribution is -2.38. The predicted octanol–water partition coefficient (Wildman–Crippen LogP) is 0.790. The zero-order valence-corrected chi connectivity index (χ0v) is 15.0. The van der Waals surface area contributed by atoms with Gasteiger partial charge in [-0.2, -0.15) is 0 Å². The molecule has 1 aliphatic rings. The minimum atomic E-state index is -3.82. The van der Waals surface area contributed by atoms with Gasteiger partial charge in [-0.05, 0) is 36.2 Å². The molecule has 0 radical (unpaired) electrons. The highest BCUT2D eigenvalue weighted by molar-refractivity contribution is 7.89. The second kappa shape index (κ2) is 7.71. The molecule has 0 atom stereocenters. The summed E-state index contributed by atoms with van der Waals surface area (Å²) in [5.74, 6) is 0.549. The highest BCUT2D eigenvalue weighted by atomic mass is 32.2. The molecular weight excluding hydrogens is 358 g/mol. The third-order valence-corrected chi connectivity index (χ3v) is 5.38. The first-order chi connectivity index (χ1) is 12.5. The number of nitrogens with zero attached hydrogens (tertiary/aromatic N) is 2. The number of amides is 1. The Kier molecular flexibility index (Phi) is 5.38. The standard InChI is InChI=1S/C17H19N3O5S/c1-20(9-6-13-4-7-18-8-5-13)17(21)11-19-26(22,23)14-2-3-15-16(10-14)25-12-24-15/h2-5,7-8,10,19H,6,9,11-12H2,1H3. The van der Waals surface area contributed by atoms with Crippen LogP contribution < -0.4 is 14.2 Å². The minimum absolute atomic E-state index is 0.0222. The van der Waals surface area contributed by atoms with Gasteiger partial charge in [0, 0.05) is 32.1 Å². The number of likely N-dealkylation sites (N-methyl/N-ethyl adjacent to an activating group) is 1. The molecule has 26 heavy (non-hydrogen) atoms. The van der Waals surface area contributed by atoms with Gasteiger partial charge in [-0.15, -0.1) is 0 Å². The summed E-state index contributed by atoms with van der Waals surface area (Å²) >= 11 is 0. The molecule has 0 unspecified atom stereocenters. The molecule has 1 aliphatic heterocycles. The van der Waals surface area contributed by atoms with E-state index in [1.807, 2.05) is 12.1 Å². The highest BCUT2D eigenvalue weighted by Crippen LogP contribution is 2.33. The van der Waals surface area contributed by atoms with Crippen LogP contribution in [-0.2, 0) is 21.2 Å². The van der Waals surface area contributed by atoms with Gasteiger partial charge in [-0.3, -0.25) is 9.78 Å². The van der Waals surface area contributed by atoms with Crippen molar-refractivity contribution in [1.82, 2.24) is 14.6 Å². The molecule has 9 heteroatoms. The molecule has 1 amide bonds. The third kappa shape index (κ3) is 4.30. The minimum Gasteiger partial charge on any atom is -0.454 e. The summed E-state index contributed by atoms with van der Waals surface area (Å²) in [7, 11) is -2.18. The zero-order chi connectivity index (χ0) is 18.6. The van der Waals surface area contributed by atoms with Crippen LogP contribution in [0.4, 0.5) is 0 Å². The monoisotopic (exact) mass is 377 g/mol. The van der Waals surface area contributed by atoms with Crippen molar-refractivity contribution in [2.45, 2.75) is 11.3 Å². The van der Waals surface area contributed by atoms with E-state index in [0.717, 1.165) is 5.56 Å². The van der Waals surface area contributed by atoms with Crippen molar-refractivity contribution < 1.29 is 22.7 Å². The van der Waals surface area contributed by atoms with Crippen LogP contribution in [0.25, 0.3) is 0 Å². The Labute approximate surface area is 151 Å². The van der Waals surface area contributed by atoms with Gasteiger partial charge in [0.2, 0.25) is 22.7 Å². The van der Waals surface area contributed by atoms with Gasteiger partial charge >= 0.3 is 0 Å². The van der Waals surface area contributed by atoms with Crippen LogP contribution in [0.2, 0.25) is 0 Å². The lowest BCUT2D eigenvalue weighted by Gasteiger charge is -2.17. The molecule has 0 aliphatic carbocycles. The molecule has 2 aromatic rings. The topological polar surface area (TPSA) is 97.8 Å². The summed E-state index contributed by atoms with van der Waals surface area (Å²) in [5, 5.41) is 0. The van der Waals surface area contributed by atoms with Crippen molar-refractivity contribution in [2.75, 3.05) is 26.9 Å². The molecule has 1 aromatic heterocycles. The maximum atomic E-state index is 12.4. The molecule has 0 spiro atoms. The Bertz CT molecular complexity index is 887. The first-order valence-corrected chi connectivity index (χ1v) is 9.46. The van der Waals surface area contributed by atoms with Crippen LogP contribution >= 0.6 is 0 Å². The number of ether oxygens (including phenoxy) is 2. The largest absolute Gasteiger partial charge is 0.454 e. The van der Waals surface area contributed by atoms with Gasteiger partial charge in [0.05, 0.1) is 11.4 Å². The Hall–Kier alpha value is -2.65. The SMILES string of the molecule is CN(CCc1ccncc1)C(=O)CNS(=O)(=O)c1ccc2c(c1)OCO2. The van der Waals surface area contributed by atoms with E-state index in [9.17, 15) is 13.2 Å². The van der Waals surface area contributed by atoms with E-state index >= 15 is 0 Å². The number of pyridine rings is 1. The molecule has 0 saturated carbocycles. The van der Waals surface area contributed by atoms with E-state index in [4.69, 9.17) is 9.47 Å². The summed E-state index contributed by atoms with van der Waals surface area (Å²) in [6.45, 7) is 0.227. The normalized spacial score (nSPS) is 12.8. The molecule has 1 aromatic carbocycles. The lowest BCUT2D eigenvalue weighted by atomic mass is 10.2. The fraction of sp³-hybridized carbons (Fsp3) is 0.294. The average Bonchev–Trinajstić information content (AvgIpc) is 3.13. The number of nitrogens with one attached hydrogen (secondary N) is 1. The molecule has 0 fully saturated rings. The molecule has 0 saturated heterocycles. The number of rotatable bonds is 7. The van der Waals surface area contributed by atoms with E-state index in [1.54, 1.807) is 19.4 Å². The van der Waals surface area contributed by atoms with Crippen molar-refractivity contribution in [3.05, 3.63) is 48.3 Å². The molecule has 2 heterocycles. The van der Waals surface area contributed by atoms with E-state index in [0.29, 0.717) is 24.5 Å². The Morgan fingerprint density at radius 2 is 1.92 bits per heavy atom. The van der Waals surface area contributed by atoms with E-state index in [1.165, 1.54) is 23.1 Å². The highest BCUT2D eigenvalue weighted by Gasteiger charge is 2.21. The van der Waals surface area contributed by atoms with Crippen LogP contribution in [0, 0.1) is 0 Å². The summed E-state index contributed by atoms with van der Waals surface area (Å²) < 4.78 is 37.4. The van der Waals surface area contributed by atoms with E-state index in [2.05, 4.69) is 9.71 Å². The first-order valence-electron chi connectivity index (χ1n) is 7.98. The van der Waals surface area contributed by atoms with Gasteiger partial charge in [0.25, 0.3) is 0 Å². The fourth-order valence-electron chi connectivity index (χ4n) is 2.39. The molecule has 1 N–H and O–H groups in total. The van der Waals surface area contributed by atoms with Crippen LogP contribution in [0.15, 0.2) is 47.6 Å². The Morgan fingerprint density at radius 1 is 1.19 bits per heavy atom. The molecule has 3 rings (SSSR count). The number of carbonyl (C=O) groups excluding carboxylic acids is 1. The Morgan fingerprint density at radius 3 is 2.69 bits per heavy atom. The molecular formula is C17H19N3O5S. The molecule has 138 valence electrons. The van der Waals surface area contributed by atoms with Gasteiger partial charge in [-0.1, -0.05) is 0 Å². The van der Waals surface area contributed by atoms with Crippen molar-refractivity contribution >= 4 is 15.9 Å². The molecule has 0 bridgehead atoms. The lowest BCUT2D eigenvalue weighted by molar-refractivity contribution is -0.128. The number of sulfonamides is 1. The van der Waals surface area contributed by atoms with E-state index in [-0.39, 0.29) is 24.1 Å². The van der Waals surface area contributed by atoms with Gasteiger partial charge in [0.1, 0.15) is 0 Å². The van der Waals surface area contributed by atoms with Gasteiger partial charge in [0.15, 0.2) is 11.5 Å². The third-order valence-electron chi connectivity index (χ3n) is 3.98. The maximum absolute atomic E-state index is 12.4. The van der Waals surface area contributed by atoms with Crippen LogP contribution in [0.3, 0.4) is 0 Å². The van der Waals surface area contributed by atoms with Crippen molar-refractivity contribution in [1.29, 1.82) is 0 Å². The van der Waals surface area contributed by atoms with Crippen LogP contribution in [0.5, 0.6) is 11.5 Å². The summed E-state index contributed by atoms with van der Waals surface area (Å²) in [6, 6.07) is 8.07. The van der Waals surface area contributed by atoms with Crippen LogP contribution in [0.1, 0.15) is 5.56 Å². The fourth-order valence-corrected chi connectivity index (χ4v) is 3.38. The zero-order valence-electron chi connectivity index (χ0n) is 14.2. The second-order valence-electron chi connectivity index (χ2n) is 5.76. The van der Waals surface area contributed by atoms with Crippen molar-refractivity contribution in [3.8, 4) is 11.5 Å². The first kappa shape index (κ1) is 18.2. The number of fused-ring (bicyclic) bond motifs is 1. The van der Waals surface area contributed by atoms with E-state index < -0.39 is 10.0 Å². The smallest absolute Gasteiger partial charge is 0.241 e. The number of hydrogen-bond acceptors (Lipinski definition) is 6. The van der Waals surface area contributed by atoms with Crippen LogP contribution in [-0.4, -0.2) is 51.1 Å². The average molecular weight is 377 g/mol. The molecule has 8 nitrogen and oxygen atoms in total. The summed E-state index contributed by atoms with van der Waals surface area (Å²) in [4.78, 5) is 17.6. The van der Waals surface area contributed by atoms with Gasteiger partial charge in [-0.25, -0.2) is 13.1 Å². The van der Waals surface area contributed by atoms with Crippen molar-refractivity contribution in [2.24, 2.45) is 0 Å². The number of carbonyl (C=O) groups is 1. The number of hydrogen-bond donors (Lipinski definition) is 1. The predicted molar refractivity (Wildman–Crippen MR) is 93.3 cm³/mol. The quantitative estimate of drug-likeness (QED) is 0.766. The van der Waals surface area contributed by atoms with Crippen molar-refractivity contribution in [3.63, 3.8) is 0 Å². The second-order valence-corrected chi connectivity index (χ2v) is 7.53. The number of aromatic nitrogens is 1. The Balaban J connectivity index is 1.54. The number of benzene rings is 1. The summed E-state index contributed by atoms with van der Waals surface area (Å²) in [6.07, 6.45) is 4.05. The maximum Gasteiger partial charge on any atom is 0.241 e.